The minimum atomic E-state index is -0.148. The van der Waals surface area contributed by atoms with E-state index in [4.69, 9.17) is 0 Å². The van der Waals surface area contributed by atoms with E-state index in [-0.39, 0.29) is 11.9 Å². The molecule has 1 amide bonds. The zero-order valence-electron chi connectivity index (χ0n) is 15.0. The van der Waals surface area contributed by atoms with Crippen molar-refractivity contribution in [1.29, 1.82) is 0 Å². The maximum Gasteiger partial charge on any atom is 0.237 e. The number of benzene rings is 1. The van der Waals surface area contributed by atoms with Crippen molar-refractivity contribution in [2.24, 2.45) is 11.8 Å². The third kappa shape index (κ3) is 4.17. The van der Waals surface area contributed by atoms with Gasteiger partial charge in [-0.05, 0) is 60.8 Å². The fourth-order valence-electron chi connectivity index (χ4n) is 4.62. The summed E-state index contributed by atoms with van der Waals surface area (Å²) >= 11 is 0. The Bertz CT molecular complexity index is 620. The summed E-state index contributed by atoms with van der Waals surface area (Å²) in [5.41, 5.74) is 2.27. The Kier molecular flexibility index (Phi) is 4.98. The molecule has 2 fully saturated rings. The third-order valence-electron chi connectivity index (χ3n) is 6.30. The van der Waals surface area contributed by atoms with Gasteiger partial charge >= 0.3 is 0 Å². The van der Waals surface area contributed by atoms with Crippen LogP contribution in [-0.4, -0.2) is 23.1 Å². The predicted octanol–water partition coefficient (Wildman–Crippen LogP) is 3.27. The van der Waals surface area contributed by atoms with Crippen molar-refractivity contribution in [3.63, 3.8) is 0 Å². The van der Waals surface area contributed by atoms with Crippen molar-refractivity contribution in [3.05, 3.63) is 29.3 Å². The highest BCUT2D eigenvalue weighted by molar-refractivity contribution is 5.82. The maximum atomic E-state index is 12.8. The normalized spacial score (nSPS) is 25.2. The van der Waals surface area contributed by atoms with Gasteiger partial charge in [-0.3, -0.25) is 4.79 Å². The van der Waals surface area contributed by atoms with Gasteiger partial charge in [0.25, 0.3) is 0 Å². The fourth-order valence-corrected chi connectivity index (χ4v) is 4.62. The second-order valence-corrected chi connectivity index (χ2v) is 8.28. The Morgan fingerprint density at radius 1 is 1.16 bits per heavy atom. The summed E-state index contributed by atoms with van der Waals surface area (Å²) in [4.78, 5) is 12.8. The van der Waals surface area contributed by atoms with Gasteiger partial charge in [-0.25, -0.2) is 0 Å². The van der Waals surface area contributed by atoms with E-state index in [0.29, 0.717) is 30.7 Å². The third-order valence-corrected chi connectivity index (χ3v) is 6.30. The van der Waals surface area contributed by atoms with E-state index < -0.39 is 0 Å². The first-order chi connectivity index (χ1) is 12.2. The van der Waals surface area contributed by atoms with E-state index in [1.54, 1.807) is 12.1 Å². The molecule has 1 aromatic carbocycles. The van der Waals surface area contributed by atoms with Crippen LogP contribution in [0.2, 0.25) is 0 Å². The summed E-state index contributed by atoms with van der Waals surface area (Å²) in [6.07, 6.45) is 11.2. The lowest BCUT2D eigenvalue weighted by Gasteiger charge is -2.30. The molecule has 1 heterocycles. The first-order valence-electron chi connectivity index (χ1n) is 10.0. The summed E-state index contributed by atoms with van der Waals surface area (Å²) in [6.45, 7) is 0.651. The molecule has 0 bridgehead atoms. The molecule has 136 valence electrons. The van der Waals surface area contributed by atoms with E-state index in [2.05, 4.69) is 10.6 Å². The second-order valence-electron chi connectivity index (χ2n) is 8.28. The average Bonchev–Trinajstić information content (AvgIpc) is 3.46. The number of carbonyl (C=O) groups is 1. The molecule has 2 atom stereocenters. The van der Waals surface area contributed by atoms with Crippen molar-refractivity contribution < 1.29 is 9.90 Å². The topological polar surface area (TPSA) is 61.4 Å². The van der Waals surface area contributed by atoms with Gasteiger partial charge < -0.3 is 15.7 Å². The molecule has 1 aliphatic heterocycles. The van der Waals surface area contributed by atoms with E-state index in [9.17, 15) is 9.90 Å². The summed E-state index contributed by atoms with van der Waals surface area (Å²) < 4.78 is 0. The average molecular weight is 342 g/mol. The lowest BCUT2D eigenvalue weighted by molar-refractivity contribution is -0.124. The fraction of sp³-hybridized carbons (Fsp3) is 0.667. The highest BCUT2D eigenvalue weighted by Crippen LogP contribution is 2.38. The molecular weight excluding hydrogens is 312 g/mol. The van der Waals surface area contributed by atoms with E-state index in [1.807, 2.05) is 6.07 Å². The number of amides is 1. The molecule has 0 aromatic heterocycles. The van der Waals surface area contributed by atoms with Gasteiger partial charge in [0.1, 0.15) is 5.75 Å². The van der Waals surface area contributed by atoms with Gasteiger partial charge in [0, 0.05) is 12.6 Å². The Balaban J connectivity index is 1.36. The Labute approximate surface area is 150 Å². The zero-order valence-corrected chi connectivity index (χ0v) is 15.0. The van der Waals surface area contributed by atoms with Crippen LogP contribution in [0.1, 0.15) is 62.5 Å². The quantitative estimate of drug-likeness (QED) is 0.770. The molecule has 1 aromatic rings. The molecule has 0 radical (unpaired) electrons. The Morgan fingerprint density at radius 2 is 1.96 bits per heavy atom. The van der Waals surface area contributed by atoms with Gasteiger partial charge in [-0.2, -0.15) is 0 Å². The number of hydrogen-bond acceptors (Lipinski definition) is 3. The number of fused-ring (bicyclic) bond motifs is 1. The number of phenolic OH excluding ortho intramolecular Hbond substituents is 1. The summed E-state index contributed by atoms with van der Waals surface area (Å²) in [6, 6.07) is 5.69. The molecule has 25 heavy (non-hydrogen) atoms. The van der Waals surface area contributed by atoms with Gasteiger partial charge in [0.2, 0.25) is 5.91 Å². The molecule has 1 unspecified atom stereocenters. The largest absolute Gasteiger partial charge is 0.508 e. The number of hydrogen-bond donors (Lipinski definition) is 3. The smallest absolute Gasteiger partial charge is 0.237 e. The lowest BCUT2D eigenvalue weighted by Crippen LogP contribution is -2.51. The van der Waals surface area contributed by atoms with Crippen LogP contribution >= 0.6 is 0 Å². The number of carbonyl (C=O) groups excluding carboxylic acids is 1. The first-order valence-corrected chi connectivity index (χ1v) is 10.0. The Morgan fingerprint density at radius 3 is 2.72 bits per heavy atom. The molecular formula is C21H30N2O2. The summed E-state index contributed by atoms with van der Waals surface area (Å²) in [7, 11) is 0. The van der Waals surface area contributed by atoms with Crippen molar-refractivity contribution in [2.75, 3.05) is 0 Å². The van der Waals surface area contributed by atoms with Crippen LogP contribution in [0.4, 0.5) is 0 Å². The van der Waals surface area contributed by atoms with Crippen molar-refractivity contribution in [3.8, 4) is 5.75 Å². The summed E-state index contributed by atoms with van der Waals surface area (Å²) in [5.74, 6) is 1.97. The van der Waals surface area contributed by atoms with Crippen LogP contribution in [0.5, 0.6) is 5.75 Å². The van der Waals surface area contributed by atoms with E-state index in [0.717, 1.165) is 11.5 Å². The SMILES string of the molecule is O=C(N[C@H](CC1CCCCC1)C1CC1)C1Cc2ccc(O)cc2CN1. The van der Waals surface area contributed by atoms with Crippen LogP contribution in [0.3, 0.4) is 0 Å². The minimum absolute atomic E-state index is 0.148. The van der Waals surface area contributed by atoms with Crippen LogP contribution in [0, 0.1) is 11.8 Å². The van der Waals surface area contributed by atoms with Gasteiger partial charge in [-0.1, -0.05) is 38.2 Å². The molecule has 4 nitrogen and oxygen atoms in total. The van der Waals surface area contributed by atoms with Gasteiger partial charge in [0.05, 0.1) is 6.04 Å². The van der Waals surface area contributed by atoms with Crippen molar-refractivity contribution in [1.82, 2.24) is 10.6 Å². The van der Waals surface area contributed by atoms with Crippen molar-refractivity contribution >= 4 is 5.91 Å². The molecule has 0 spiro atoms. The number of nitrogens with one attached hydrogen (secondary N) is 2. The molecule has 3 aliphatic rings. The number of aromatic hydroxyl groups is 1. The molecule has 4 heteroatoms. The van der Waals surface area contributed by atoms with Crippen LogP contribution in [0.15, 0.2) is 18.2 Å². The highest BCUT2D eigenvalue weighted by atomic mass is 16.3. The number of phenols is 1. The standard InChI is InChI=1S/C21H30N2O2/c24-18-9-8-16-12-20(22-13-17(16)11-18)21(25)23-19(15-6-7-15)10-14-4-2-1-3-5-14/h8-9,11,14-15,19-20,22,24H,1-7,10,12-13H2,(H,23,25)/t19-,20?/m1/s1. The number of rotatable bonds is 5. The van der Waals surface area contributed by atoms with E-state index >= 15 is 0 Å². The minimum Gasteiger partial charge on any atom is -0.508 e. The monoisotopic (exact) mass is 342 g/mol. The van der Waals surface area contributed by atoms with Gasteiger partial charge in [-0.15, -0.1) is 0 Å². The summed E-state index contributed by atoms with van der Waals surface area (Å²) in [5, 5.41) is 16.3. The molecule has 4 rings (SSSR count). The van der Waals surface area contributed by atoms with Crippen molar-refractivity contribution in [2.45, 2.75) is 76.4 Å². The molecule has 3 N–H and O–H groups in total. The molecule has 2 saturated carbocycles. The predicted molar refractivity (Wildman–Crippen MR) is 98.3 cm³/mol. The highest BCUT2D eigenvalue weighted by Gasteiger charge is 2.35. The Hall–Kier alpha value is -1.55. The van der Waals surface area contributed by atoms with Crippen LogP contribution < -0.4 is 10.6 Å². The van der Waals surface area contributed by atoms with Crippen LogP contribution in [0.25, 0.3) is 0 Å². The van der Waals surface area contributed by atoms with E-state index in [1.165, 1.54) is 56.9 Å². The molecule has 2 aliphatic carbocycles. The molecule has 0 saturated heterocycles. The van der Waals surface area contributed by atoms with Gasteiger partial charge in [0.15, 0.2) is 0 Å². The first kappa shape index (κ1) is 16.9. The second kappa shape index (κ2) is 7.36. The maximum absolute atomic E-state index is 12.8. The lowest BCUT2D eigenvalue weighted by atomic mass is 9.83. The van der Waals surface area contributed by atoms with Crippen LogP contribution in [-0.2, 0) is 17.8 Å². The zero-order chi connectivity index (χ0) is 17.2.